The van der Waals surface area contributed by atoms with Crippen molar-refractivity contribution >= 4 is 11.6 Å². The van der Waals surface area contributed by atoms with Gasteiger partial charge >= 0.3 is 0 Å². The van der Waals surface area contributed by atoms with Gasteiger partial charge in [0.15, 0.2) is 0 Å². The number of fused-ring (bicyclic) bond motifs is 1. The highest BCUT2D eigenvalue weighted by Crippen LogP contribution is 2.59. The van der Waals surface area contributed by atoms with Gasteiger partial charge in [0.05, 0.1) is 17.5 Å². The number of rotatable bonds is 2. The van der Waals surface area contributed by atoms with Crippen molar-refractivity contribution < 1.29 is 8.78 Å². The van der Waals surface area contributed by atoms with Gasteiger partial charge in [0.2, 0.25) is 0 Å². The Balaban J connectivity index is 1.53. The van der Waals surface area contributed by atoms with E-state index in [0.717, 1.165) is 17.1 Å². The van der Waals surface area contributed by atoms with Gasteiger partial charge in [0.1, 0.15) is 11.6 Å². The maximum atomic E-state index is 13.2. The maximum Gasteiger partial charge on any atom is 0.258 e. The van der Waals surface area contributed by atoms with E-state index >= 15 is 0 Å². The van der Waals surface area contributed by atoms with E-state index in [9.17, 15) is 8.78 Å². The summed E-state index contributed by atoms with van der Waals surface area (Å²) in [4.78, 5) is 10.5. The molecule has 1 aliphatic heterocycles. The van der Waals surface area contributed by atoms with Crippen LogP contribution < -0.4 is 10.6 Å². The van der Waals surface area contributed by atoms with Crippen LogP contribution in [0.15, 0.2) is 36.5 Å². The Bertz CT molecular complexity index is 672. The molecule has 0 amide bonds. The summed E-state index contributed by atoms with van der Waals surface area (Å²) >= 11 is 0. The van der Waals surface area contributed by atoms with Gasteiger partial charge < -0.3 is 10.6 Å². The molecule has 2 aromatic heterocycles. The first kappa shape index (κ1) is 12.5. The summed E-state index contributed by atoms with van der Waals surface area (Å²) in [6.07, 6.45) is 1.71. The molecule has 1 saturated heterocycles. The third kappa shape index (κ3) is 1.93. The average Bonchev–Trinajstić information content (AvgIpc) is 2.86. The van der Waals surface area contributed by atoms with Crippen LogP contribution in [0.1, 0.15) is 0 Å². The number of pyridine rings is 2. The molecule has 1 saturated carbocycles. The second kappa shape index (κ2) is 4.13. The van der Waals surface area contributed by atoms with Crippen LogP contribution in [0.3, 0.4) is 0 Å². The molecule has 6 heteroatoms. The normalized spacial score (nSPS) is 25.7. The topological polar surface area (TPSA) is 55.0 Å². The van der Waals surface area contributed by atoms with Gasteiger partial charge in [0, 0.05) is 24.8 Å². The van der Waals surface area contributed by atoms with Gasteiger partial charge in [0.25, 0.3) is 5.92 Å². The van der Waals surface area contributed by atoms with Crippen molar-refractivity contribution in [1.29, 1.82) is 0 Å². The van der Waals surface area contributed by atoms with Gasteiger partial charge in [-0.15, -0.1) is 0 Å². The number of nitrogens with zero attached hydrogens (tertiary/aromatic N) is 3. The van der Waals surface area contributed by atoms with Crippen LogP contribution in [-0.2, 0) is 0 Å². The van der Waals surface area contributed by atoms with Crippen molar-refractivity contribution in [3.8, 4) is 11.3 Å². The summed E-state index contributed by atoms with van der Waals surface area (Å²) in [6, 6.07) is 9.16. The van der Waals surface area contributed by atoms with E-state index in [2.05, 4.69) is 9.97 Å². The Labute approximate surface area is 120 Å². The maximum absolute atomic E-state index is 13.2. The highest BCUT2D eigenvalue weighted by atomic mass is 19.3. The number of hydrogen-bond acceptors (Lipinski definition) is 4. The molecule has 2 atom stereocenters. The molecule has 2 fully saturated rings. The standard InChI is InChI=1S/C15H14F2N4/c16-15(17)10-7-21(8-11(10)15)14-5-4-9(6-19-14)12-2-1-3-13(18)20-12/h1-6,10-11H,7-8H2,(H2,18,20). The number of piperidine rings is 1. The minimum atomic E-state index is -2.46. The van der Waals surface area contributed by atoms with Crippen molar-refractivity contribution in [2.45, 2.75) is 5.92 Å². The van der Waals surface area contributed by atoms with Gasteiger partial charge in [-0.25, -0.2) is 18.7 Å². The lowest BCUT2D eigenvalue weighted by atomic mass is 10.2. The fourth-order valence-corrected chi connectivity index (χ4v) is 3.03. The molecular formula is C15H14F2N4. The average molecular weight is 288 g/mol. The highest BCUT2D eigenvalue weighted by Gasteiger charge is 2.71. The van der Waals surface area contributed by atoms with Crippen molar-refractivity contribution in [2.75, 3.05) is 23.7 Å². The lowest BCUT2D eigenvalue weighted by Gasteiger charge is -2.20. The molecule has 0 aromatic carbocycles. The number of nitrogen functional groups attached to an aromatic ring is 1. The van der Waals surface area contributed by atoms with Crippen LogP contribution in [0.4, 0.5) is 20.4 Å². The van der Waals surface area contributed by atoms with Crippen molar-refractivity contribution in [3.63, 3.8) is 0 Å². The van der Waals surface area contributed by atoms with Gasteiger partial charge in [-0.3, -0.25) is 0 Å². The fraction of sp³-hybridized carbons (Fsp3) is 0.333. The van der Waals surface area contributed by atoms with Gasteiger partial charge in [-0.1, -0.05) is 6.07 Å². The summed E-state index contributed by atoms with van der Waals surface area (Å²) in [5.74, 6) is -2.24. The van der Waals surface area contributed by atoms with Crippen LogP contribution in [0.5, 0.6) is 0 Å². The van der Waals surface area contributed by atoms with Crippen molar-refractivity contribution in [2.24, 2.45) is 11.8 Å². The third-order valence-corrected chi connectivity index (χ3v) is 4.34. The zero-order valence-corrected chi connectivity index (χ0v) is 11.2. The predicted molar refractivity (Wildman–Crippen MR) is 76.0 cm³/mol. The molecule has 2 aliphatic rings. The Morgan fingerprint density at radius 3 is 2.52 bits per heavy atom. The Morgan fingerprint density at radius 2 is 1.90 bits per heavy atom. The van der Waals surface area contributed by atoms with Crippen LogP contribution in [0, 0.1) is 11.8 Å². The molecule has 108 valence electrons. The van der Waals surface area contributed by atoms with E-state index in [1.165, 1.54) is 0 Å². The Morgan fingerprint density at radius 1 is 1.14 bits per heavy atom. The molecular weight excluding hydrogens is 274 g/mol. The summed E-state index contributed by atoms with van der Waals surface area (Å²) in [6.45, 7) is 0.779. The summed E-state index contributed by atoms with van der Waals surface area (Å²) in [5, 5.41) is 0. The highest BCUT2D eigenvalue weighted by molar-refractivity contribution is 5.61. The Hall–Kier alpha value is -2.24. The lowest BCUT2D eigenvalue weighted by Crippen LogP contribution is -2.27. The molecule has 0 bridgehead atoms. The number of alkyl halides is 2. The quantitative estimate of drug-likeness (QED) is 0.922. The summed E-state index contributed by atoms with van der Waals surface area (Å²) in [7, 11) is 0. The summed E-state index contributed by atoms with van der Waals surface area (Å²) in [5.41, 5.74) is 7.28. The number of aromatic nitrogens is 2. The van der Waals surface area contributed by atoms with Crippen molar-refractivity contribution in [3.05, 3.63) is 36.5 Å². The zero-order chi connectivity index (χ0) is 14.6. The number of nitrogens with two attached hydrogens (primary N) is 1. The molecule has 0 radical (unpaired) electrons. The molecule has 2 aromatic rings. The molecule has 4 nitrogen and oxygen atoms in total. The smallest absolute Gasteiger partial charge is 0.258 e. The molecule has 4 rings (SSSR count). The Kier molecular flexibility index (Phi) is 2.46. The number of halogens is 2. The predicted octanol–water partition coefficient (Wildman–Crippen LogP) is 2.43. The SMILES string of the molecule is Nc1cccc(-c2ccc(N3CC4C(C3)C4(F)F)nc2)n1. The van der Waals surface area contributed by atoms with E-state index in [4.69, 9.17) is 5.73 Å². The van der Waals surface area contributed by atoms with E-state index in [1.807, 2.05) is 29.2 Å². The first-order valence-corrected chi connectivity index (χ1v) is 6.87. The van der Waals surface area contributed by atoms with Crippen LogP contribution in [0.25, 0.3) is 11.3 Å². The minimum absolute atomic E-state index is 0.389. The van der Waals surface area contributed by atoms with E-state index in [1.54, 1.807) is 12.3 Å². The van der Waals surface area contributed by atoms with Crippen LogP contribution in [-0.4, -0.2) is 29.0 Å². The monoisotopic (exact) mass is 288 g/mol. The number of anilines is 2. The largest absolute Gasteiger partial charge is 0.384 e. The number of hydrogen-bond donors (Lipinski definition) is 1. The minimum Gasteiger partial charge on any atom is -0.384 e. The molecule has 2 unspecified atom stereocenters. The van der Waals surface area contributed by atoms with Gasteiger partial charge in [-0.05, 0) is 24.3 Å². The van der Waals surface area contributed by atoms with Crippen LogP contribution in [0.2, 0.25) is 0 Å². The molecule has 3 heterocycles. The molecule has 0 spiro atoms. The first-order valence-electron chi connectivity index (χ1n) is 6.87. The first-order chi connectivity index (χ1) is 10.1. The zero-order valence-electron chi connectivity index (χ0n) is 11.2. The lowest BCUT2D eigenvalue weighted by molar-refractivity contribution is 0.0797. The molecule has 1 aliphatic carbocycles. The van der Waals surface area contributed by atoms with Crippen molar-refractivity contribution in [1.82, 2.24) is 9.97 Å². The van der Waals surface area contributed by atoms with Crippen LogP contribution >= 0.6 is 0 Å². The third-order valence-electron chi connectivity index (χ3n) is 4.34. The second-order valence-electron chi connectivity index (χ2n) is 5.65. The van der Waals surface area contributed by atoms with E-state index in [0.29, 0.717) is 18.9 Å². The van der Waals surface area contributed by atoms with E-state index in [-0.39, 0.29) is 0 Å². The summed E-state index contributed by atoms with van der Waals surface area (Å²) < 4.78 is 26.4. The fourth-order valence-electron chi connectivity index (χ4n) is 3.03. The molecule has 21 heavy (non-hydrogen) atoms. The van der Waals surface area contributed by atoms with E-state index < -0.39 is 17.8 Å². The second-order valence-corrected chi connectivity index (χ2v) is 5.65. The molecule has 2 N–H and O–H groups in total. The van der Waals surface area contributed by atoms with Gasteiger partial charge in [-0.2, -0.15) is 0 Å².